The minimum absolute atomic E-state index is 0.889. The molecular formula is C22H18O2. The lowest BCUT2D eigenvalue weighted by atomic mass is 10.0. The van der Waals surface area contributed by atoms with Crippen LogP contribution in [0, 0.1) is 0 Å². The van der Waals surface area contributed by atoms with E-state index < -0.39 is 0 Å². The summed E-state index contributed by atoms with van der Waals surface area (Å²) in [5.74, 6) is 0. The lowest BCUT2D eigenvalue weighted by molar-refractivity contribution is 0.656. The second-order valence-corrected chi connectivity index (χ2v) is 6.42. The van der Waals surface area contributed by atoms with E-state index in [0.29, 0.717) is 0 Å². The van der Waals surface area contributed by atoms with Gasteiger partial charge in [-0.1, -0.05) is 26.0 Å². The van der Waals surface area contributed by atoms with Crippen molar-refractivity contribution in [3.8, 4) is 0 Å². The summed E-state index contributed by atoms with van der Waals surface area (Å²) in [6, 6.07) is 17.2. The minimum Gasteiger partial charge on any atom is -0.456 e. The van der Waals surface area contributed by atoms with E-state index in [1.165, 1.54) is 21.9 Å². The fourth-order valence-corrected chi connectivity index (χ4v) is 3.58. The summed E-state index contributed by atoms with van der Waals surface area (Å²) in [6.45, 7) is 4.36. The monoisotopic (exact) mass is 314 g/mol. The fourth-order valence-electron chi connectivity index (χ4n) is 3.58. The third-order valence-corrected chi connectivity index (χ3v) is 5.01. The first kappa shape index (κ1) is 13.7. The quantitative estimate of drug-likeness (QED) is 0.366. The Kier molecular flexibility index (Phi) is 2.78. The molecule has 5 rings (SSSR count). The van der Waals surface area contributed by atoms with Gasteiger partial charge < -0.3 is 8.83 Å². The summed E-state index contributed by atoms with van der Waals surface area (Å²) in [5, 5.41) is 4.70. The lowest BCUT2D eigenvalue weighted by Crippen LogP contribution is -1.78. The highest BCUT2D eigenvalue weighted by Crippen LogP contribution is 2.37. The zero-order valence-electron chi connectivity index (χ0n) is 13.8. The summed E-state index contributed by atoms with van der Waals surface area (Å²) in [5.41, 5.74) is 6.31. The SMILES string of the molecule is CCc1ccc2oc3cc4oc5ccc(CC)cc5c4cc3c2c1. The van der Waals surface area contributed by atoms with Crippen LogP contribution >= 0.6 is 0 Å². The Hall–Kier alpha value is -2.74. The molecule has 2 heterocycles. The van der Waals surface area contributed by atoms with Crippen molar-refractivity contribution in [1.29, 1.82) is 0 Å². The molecule has 0 aliphatic carbocycles. The molecule has 0 saturated carbocycles. The molecule has 0 atom stereocenters. The van der Waals surface area contributed by atoms with Crippen molar-refractivity contribution in [3.05, 3.63) is 59.7 Å². The molecule has 0 N–H and O–H groups in total. The highest BCUT2D eigenvalue weighted by Gasteiger charge is 2.13. The normalized spacial score (nSPS) is 12.1. The Morgan fingerprint density at radius 3 is 1.46 bits per heavy atom. The van der Waals surface area contributed by atoms with E-state index in [0.717, 1.165) is 45.9 Å². The Morgan fingerprint density at radius 2 is 1.00 bits per heavy atom. The third-order valence-electron chi connectivity index (χ3n) is 5.01. The van der Waals surface area contributed by atoms with E-state index in [-0.39, 0.29) is 0 Å². The van der Waals surface area contributed by atoms with E-state index in [1.807, 2.05) is 6.07 Å². The van der Waals surface area contributed by atoms with Crippen molar-refractivity contribution in [1.82, 2.24) is 0 Å². The molecule has 24 heavy (non-hydrogen) atoms. The van der Waals surface area contributed by atoms with Gasteiger partial charge in [0.2, 0.25) is 0 Å². The van der Waals surface area contributed by atoms with Crippen LogP contribution in [0.4, 0.5) is 0 Å². The van der Waals surface area contributed by atoms with Crippen LogP contribution < -0.4 is 0 Å². The Balaban J connectivity index is 1.91. The van der Waals surface area contributed by atoms with Crippen molar-refractivity contribution >= 4 is 43.9 Å². The van der Waals surface area contributed by atoms with Gasteiger partial charge in [0.25, 0.3) is 0 Å². The number of rotatable bonds is 2. The second-order valence-electron chi connectivity index (χ2n) is 6.42. The van der Waals surface area contributed by atoms with E-state index in [9.17, 15) is 0 Å². The zero-order valence-corrected chi connectivity index (χ0v) is 13.8. The van der Waals surface area contributed by atoms with Gasteiger partial charge in [-0.3, -0.25) is 0 Å². The molecule has 0 radical (unpaired) electrons. The predicted molar refractivity (Wildman–Crippen MR) is 99.8 cm³/mol. The van der Waals surface area contributed by atoms with Crippen molar-refractivity contribution in [2.75, 3.05) is 0 Å². The van der Waals surface area contributed by atoms with Crippen molar-refractivity contribution < 1.29 is 8.83 Å². The van der Waals surface area contributed by atoms with Gasteiger partial charge in [-0.2, -0.15) is 0 Å². The molecular weight excluding hydrogens is 296 g/mol. The zero-order chi connectivity index (χ0) is 16.3. The van der Waals surface area contributed by atoms with Gasteiger partial charge >= 0.3 is 0 Å². The summed E-state index contributed by atoms with van der Waals surface area (Å²) in [7, 11) is 0. The van der Waals surface area contributed by atoms with E-state index >= 15 is 0 Å². The molecule has 0 aliphatic heterocycles. The van der Waals surface area contributed by atoms with E-state index in [4.69, 9.17) is 8.83 Å². The molecule has 3 aromatic carbocycles. The van der Waals surface area contributed by atoms with Crippen LogP contribution in [-0.4, -0.2) is 0 Å². The fraction of sp³-hybridized carbons (Fsp3) is 0.182. The lowest BCUT2D eigenvalue weighted by Gasteiger charge is -1.96. The number of aryl methyl sites for hydroxylation is 2. The first-order chi connectivity index (χ1) is 11.8. The van der Waals surface area contributed by atoms with Crippen LogP contribution in [-0.2, 0) is 12.8 Å². The van der Waals surface area contributed by atoms with Crippen molar-refractivity contribution in [3.63, 3.8) is 0 Å². The van der Waals surface area contributed by atoms with Gasteiger partial charge in [0.05, 0.1) is 0 Å². The van der Waals surface area contributed by atoms with Gasteiger partial charge in [-0.25, -0.2) is 0 Å². The first-order valence-corrected chi connectivity index (χ1v) is 8.57. The van der Waals surface area contributed by atoms with Gasteiger partial charge in [-0.15, -0.1) is 0 Å². The standard InChI is InChI=1S/C22H18O2/c1-3-13-5-7-19-15(9-13)17-11-18-16-10-14(4-2)6-8-20(16)24-22(18)12-21(17)23-19/h5-12H,3-4H2,1-2H3. The Labute approximate surface area is 139 Å². The van der Waals surface area contributed by atoms with Crippen molar-refractivity contribution in [2.24, 2.45) is 0 Å². The Morgan fingerprint density at radius 1 is 0.542 bits per heavy atom. The second kappa shape index (κ2) is 4.88. The van der Waals surface area contributed by atoms with Gasteiger partial charge in [0.15, 0.2) is 0 Å². The highest BCUT2D eigenvalue weighted by atomic mass is 16.3. The predicted octanol–water partition coefficient (Wildman–Crippen LogP) is 6.61. The van der Waals surface area contributed by atoms with Gasteiger partial charge in [0, 0.05) is 27.6 Å². The van der Waals surface area contributed by atoms with Gasteiger partial charge in [0.1, 0.15) is 22.3 Å². The van der Waals surface area contributed by atoms with Crippen LogP contribution in [0.2, 0.25) is 0 Å². The molecule has 0 unspecified atom stereocenters. The minimum atomic E-state index is 0.889. The summed E-state index contributed by atoms with van der Waals surface area (Å²) in [4.78, 5) is 0. The number of hydrogen-bond acceptors (Lipinski definition) is 2. The molecule has 0 saturated heterocycles. The number of hydrogen-bond donors (Lipinski definition) is 0. The molecule has 5 aromatic rings. The van der Waals surface area contributed by atoms with Crippen LogP contribution in [0.5, 0.6) is 0 Å². The molecule has 0 amide bonds. The van der Waals surface area contributed by atoms with Crippen LogP contribution in [0.3, 0.4) is 0 Å². The average molecular weight is 314 g/mol. The summed E-state index contributed by atoms with van der Waals surface area (Å²) in [6.07, 6.45) is 2.05. The maximum atomic E-state index is 6.04. The smallest absolute Gasteiger partial charge is 0.139 e. The average Bonchev–Trinajstić information content (AvgIpc) is 3.15. The summed E-state index contributed by atoms with van der Waals surface area (Å²) >= 11 is 0. The number of benzene rings is 3. The number of furan rings is 2. The first-order valence-electron chi connectivity index (χ1n) is 8.57. The molecule has 2 nitrogen and oxygen atoms in total. The maximum Gasteiger partial charge on any atom is 0.139 e. The molecule has 0 bridgehead atoms. The Bertz CT molecular complexity index is 1130. The molecule has 0 fully saturated rings. The van der Waals surface area contributed by atoms with Gasteiger partial charge in [-0.05, 0) is 54.3 Å². The van der Waals surface area contributed by atoms with Crippen LogP contribution in [0.25, 0.3) is 43.9 Å². The van der Waals surface area contributed by atoms with E-state index in [1.54, 1.807) is 0 Å². The number of fused-ring (bicyclic) bond motifs is 6. The summed E-state index contributed by atoms with van der Waals surface area (Å²) < 4.78 is 12.1. The van der Waals surface area contributed by atoms with Crippen molar-refractivity contribution in [2.45, 2.75) is 26.7 Å². The van der Waals surface area contributed by atoms with Crippen LogP contribution in [0.15, 0.2) is 57.4 Å². The van der Waals surface area contributed by atoms with Crippen LogP contribution in [0.1, 0.15) is 25.0 Å². The molecule has 118 valence electrons. The highest BCUT2D eigenvalue weighted by molar-refractivity contribution is 6.15. The maximum absolute atomic E-state index is 6.04. The molecule has 2 aromatic heterocycles. The molecule has 0 spiro atoms. The molecule has 0 aliphatic rings. The molecule has 2 heteroatoms. The largest absolute Gasteiger partial charge is 0.456 e. The van der Waals surface area contributed by atoms with E-state index in [2.05, 4.69) is 56.3 Å². The topological polar surface area (TPSA) is 26.3 Å². The third kappa shape index (κ3) is 1.83.